The number of nitrogens with one attached hydrogen (secondary N) is 2. The number of carbonyl (C=O) groups is 1. The monoisotopic (exact) mass is 339 g/mol. The Bertz CT molecular complexity index is 678. The van der Waals surface area contributed by atoms with Crippen LogP contribution in [-0.2, 0) is 12.7 Å². The van der Waals surface area contributed by atoms with E-state index in [-0.39, 0.29) is 18.7 Å². The first-order chi connectivity index (χ1) is 11.4. The van der Waals surface area contributed by atoms with Gasteiger partial charge in [-0.2, -0.15) is 13.2 Å². The van der Waals surface area contributed by atoms with E-state index in [0.717, 1.165) is 11.6 Å². The first kappa shape index (κ1) is 17.7. The number of hydrogen-bond acceptors (Lipinski definition) is 3. The van der Waals surface area contributed by atoms with Gasteiger partial charge in [-0.1, -0.05) is 24.3 Å². The molecule has 0 saturated carbocycles. The van der Waals surface area contributed by atoms with Crippen LogP contribution in [0.4, 0.5) is 18.0 Å². The van der Waals surface area contributed by atoms with Crippen LogP contribution in [0.5, 0.6) is 0 Å². The molecule has 0 aliphatic rings. The maximum Gasteiger partial charge on any atom is 0.416 e. The molecule has 0 aliphatic heterocycles. The van der Waals surface area contributed by atoms with Crippen molar-refractivity contribution in [3.63, 3.8) is 0 Å². The molecular formula is C16H16F3N3O2. The lowest BCUT2D eigenvalue weighted by Crippen LogP contribution is -2.37. The Kier molecular flexibility index (Phi) is 5.75. The molecule has 2 amide bonds. The largest absolute Gasteiger partial charge is 0.416 e. The van der Waals surface area contributed by atoms with E-state index in [2.05, 4.69) is 15.6 Å². The second-order valence-electron chi connectivity index (χ2n) is 5.03. The van der Waals surface area contributed by atoms with Gasteiger partial charge in [-0.3, -0.25) is 4.98 Å². The number of aromatic nitrogens is 1. The first-order valence-corrected chi connectivity index (χ1v) is 7.12. The Labute approximate surface area is 136 Å². The summed E-state index contributed by atoms with van der Waals surface area (Å²) in [6.07, 6.45) is -2.86. The Morgan fingerprint density at radius 1 is 1.17 bits per heavy atom. The molecule has 1 aromatic heterocycles. The topological polar surface area (TPSA) is 74.2 Å². The van der Waals surface area contributed by atoms with Gasteiger partial charge >= 0.3 is 12.2 Å². The normalized spacial score (nSPS) is 12.5. The summed E-state index contributed by atoms with van der Waals surface area (Å²) in [6, 6.07) is 7.60. The van der Waals surface area contributed by atoms with E-state index in [4.69, 9.17) is 0 Å². The number of aliphatic hydroxyl groups is 1. The third kappa shape index (κ3) is 4.95. The minimum absolute atomic E-state index is 0.217. The van der Waals surface area contributed by atoms with Crippen molar-refractivity contribution in [2.75, 3.05) is 6.54 Å². The van der Waals surface area contributed by atoms with Crippen LogP contribution >= 0.6 is 0 Å². The second kappa shape index (κ2) is 7.78. The molecular weight excluding hydrogens is 323 g/mol. The second-order valence-corrected chi connectivity index (χ2v) is 5.03. The summed E-state index contributed by atoms with van der Waals surface area (Å²) in [5.74, 6) is 0. The number of hydrogen-bond donors (Lipinski definition) is 3. The molecule has 1 heterocycles. The van der Waals surface area contributed by atoms with Crippen LogP contribution in [0.15, 0.2) is 48.8 Å². The van der Waals surface area contributed by atoms with Gasteiger partial charge in [0.2, 0.25) is 0 Å². The zero-order chi connectivity index (χ0) is 17.6. The van der Waals surface area contributed by atoms with Crippen molar-refractivity contribution in [3.05, 3.63) is 65.5 Å². The Hall–Kier alpha value is -2.61. The molecule has 8 heteroatoms. The number of urea groups is 1. The molecule has 3 N–H and O–H groups in total. The smallest absolute Gasteiger partial charge is 0.387 e. The molecule has 2 aromatic rings. The highest BCUT2D eigenvalue weighted by Gasteiger charge is 2.34. The quantitative estimate of drug-likeness (QED) is 0.784. The van der Waals surface area contributed by atoms with Gasteiger partial charge in [-0.05, 0) is 23.3 Å². The molecule has 24 heavy (non-hydrogen) atoms. The van der Waals surface area contributed by atoms with Gasteiger partial charge < -0.3 is 15.7 Å². The van der Waals surface area contributed by atoms with Crippen LogP contribution < -0.4 is 10.6 Å². The lowest BCUT2D eigenvalue weighted by Gasteiger charge is -2.18. The minimum Gasteiger partial charge on any atom is -0.387 e. The lowest BCUT2D eigenvalue weighted by atomic mass is 10.0. The predicted octanol–water partition coefficient (Wildman–Crippen LogP) is 2.63. The number of alkyl halides is 3. The standard InChI is InChI=1S/C16H16F3N3O2/c17-16(18,19)13-6-2-1-5-12(13)14(23)10-22-15(24)21-9-11-4-3-7-20-8-11/h1-8,14,23H,9-10H2,(H2,21,22,24)/t14-/m1/s1. The third-order valence-corrected chi connectivity index (χ3v) is 3.26. The average molecular weight is 339 g/mol. The number of halogens is 3. The van der Waals surface area contributed by atoms with E-state index >= 15 is 0 Å². The van der Waals surface area contributed by atoms with E-state index in [1.165, 1.54) is 18.2 Å². The van der Waals surface area contributed by atoms with Crippen LogP contribution in [0.2, 0.25) is 0 Å². The summed E-state index contributed by atoms with van der Waals surface area (Å²) in [7, 11) is 0. The van der Waals surface area contributed by atoms with Gasteiger partial charge in [-0.25, -0.2) is 4.79 Å². The average Bonchev–Trinajstić information content (AvgIpc) is 2.58. The molecule has 0 aliphatic carbocycles. The van der Waals surface area contributed by atoms with E-state index in [0.29, 0.717) is 0 Å². The van der Waals surface area contributed by atoms with Gasteiger partial charge in [0.05, 0.1) is 11.7 Å². The SMILES string of the molecule is O=C(NCc1cccnc1)NC[C@@H](O)c1ccccc1C(F)(F)F. The summed E-state index contributed by atoms with van der Waals surface area (Å²) in [5, 5.41) is 14.8. The van der Waals surface area contributed by atoms with Gasteiger partial charge in [0.25, 0.3) is 0 Å². The zero-order valence-electron chi connectivity index (χ0n) is 12.5. The van der Waals surface area contributed by atoms with Crippen molar-refractivity contribution in [2.24, 2.45) is 0 Å². The Balaban J connectivity index is 1.89. The maximum absolute atomic E-state index is 12.9. The number of amides is 2. The van der Waals surface area contributed by atoms with Crippen LogP contribution in [0.1, 0.15) is 22.8 Å². The van der Waals surface area contributed by atoms with E-state index in [9.17, 15) is 23.1 Å². The van der Waals surface area contributed by atoms with E-state index in [1.54, 1.807) is 24.5 Å². The fraction of sp³-hybridized carbons (Fsp3) is 0.250. The van der Waals surface area contributed by atoms with Crippen molar-refractivity contribution in [1.29, 1.82) is 0 Å². The number of nitrogens with zero attached hydrogens (tertiary/aromatic N) is 1. The summed E-state index contributed by atoms with van der Waals surface area (Å²) in [6.45, 7) is -0.124. The lowest BCUT2D eigenvalue weighted by molar-refractivity contribution is -0.139. The number of benzene rings is 1. The highest BCUT2D eigenvalue weighted by Crippen LogP contribution is 2.34. The maximum atomic E-state index is 12.9. The molecule has 0 unspecified atom stereocenters. The van der Waals surface area contributed by atoms with Gasteiger partial charge in [0.15, 0.2) is 0 Å². The van der Waals surface area contributed by atoms with E-state index in [1.807, 2.05) is 0 Å². The molecule has 2 rings (SSSR count). The van der Waals surface area contributed by atoms with Gasteiger partial charge in [0.1, 0.15) is 0 Å². The summed E-state index contributed by atoms with van der Waals surface area (Å²) >= 11 is 0. The van der Waals surface area contributed by atoms with Crippen molar-refractivity contribution in [2.45, 2.75) is 18.8 Å². The molecule has 1 aromatic carbocycles. The zero-order valence-corrected chi connectivity index (χ0v) is 12.5. The van der Waals surface area contributed by atoms with Crippen molar-refractivity contribution in [1.82, 2.24) is 15.6 Å². The Morgan fingerprint density at radius 2 is 1.92 bits per heavy atom. The van der Waals surface area contributed by atoms with Crippen molar-refractivity contribution < 1.29 is 23.1 Å². The number of carbonyl (C=O) groups excluding carboxylic acids is 1. The molecule has 0 bridgehead atoms. The minimum atomic E-state index is -4.57. The fourth-order valence-electron chi connectivity index (χ4n) is 2.09. The Morgan fingerprint density at radius 3 is 2.58 bits per heavy atom. The van der Waals surface area contributed by atoms with Crippen LogP contribution in [0, 0.1) is 0 Å². The summed E-state index contributed by atoms with van der Waals surface area (Å²) < 4.78 is 38.7. The van der Waals surface area contributed by atoms with Gasteiger partial charge in [0, 0.05) is 25.5 Å². The van der Waals surface area contributed by atoms with Crippen LogP contribution in [0.3, 0.4) is 0 Å². The summed E-state index contributed by atoms with van der Waals surface area (Å²) in [5.41, 5.74) is -0.428. The van der Waals surface area contributed by atoms with Gasteiger partial charge in [-0.15, -0.1) is 0 Å². The van der Waals surface area contributed by atoms with Crippen molar-refractivity contribution >= 4 is 6.03 Å². The molecule has 0 fully saturated rings. The molecule has 0 saturated heterocycles. The summed E-state index contributed by atoms with van der Waals surface area (Å²) in [4.78, 5) is 15.5. The third-order valence-electron chi connectivity index (χ3n) is 3.26. The molecule has 1 atom stereocenters. The highest BCUT2D eigenvalue weighted by atomic mass is 19.4. The highest BCUT2D eigenvalue weighted by molar-refractivity contribution is 5.73. The van der Waals surface area contributed by atoms with E-state index < -0.39 is 23.9 Å². The van der Waals surface area contributed by atoms with Crippen molar-refractivity contribution in [3.8, 4) is 0 Å². The predicted molar refractivity (Wildman–Crippen MR) is 80.9 cm³/mol. The fourth-order valence-corrected chi connectivity index (χ4v) is 2.09. The molecule has 128 valence electrons. The molecule has 0 radical (unpaired) electrons. The van der Waals surface area contributed by atoms with Crippen LogP contribution in [0.25, 0.3) is 0 Å². The first-order valence-electron chi connectivity index (χ1n) is 7.12. The van der Waals surface area contributed by atoms with Crippen LogP contribution in [-0.4, -0.2) is 22.7 Å². The number of pyridine rings is 1. The number of aliphatic hydroxyl groups excluding tert-OH is 1. The molecule has 0 spiro atoms. The number of rotatable bonds is 5. The molecule has 5 nitrogen and oxygen atoms in total.